The quantitative estimate of drug-likeness (QED) is 0.120. The first-order valence-corrected chi connectivity index (χ1v) is 29.0. The first-order chi connectivity index (χ1) is 34.7. The predicted molar refractivity (Wildman–Crippen MR) is 268 cm³/mol. The van der Waals surface area contributed by atoms with Gasteiger partial charge < -0.3 is 55.5 Å². The molecule has 72 heavy (non-hydrogen) atoms. The largest absolute Gasteiger partial charge is 0.511 e. The average molecular weight is 1020 g/mol. The molecule has 0 radical (unpaired) electrons. The zero-order valence-corrected chi connectivity index (χ0v) is 41.9. The van der Waals surface area contributed by atoms with Crippen LogP contribution in [0, 0.1) is 63.1 Å². The topological polar surface area (TPSA) is 215 Å². The maximum absolute atomic E-state index is 15.8. The Morgan fingerprint density at radius 3 is 2.54 bits per heavy atom. The van der Waals surface area contributed by atoms with Gasteiger partial charge in [-0.15, -0.1) is 0 Å². The Morgan fingerprint density at radius 2 is 1.74 bits per heavy atom. The summed E-state index contributed by atoms with van der Waals surface area (Å²) < 4.78 is 14.1. The van der Waals surface area contributed by atoms with Crippen molar-refractivity contribution in [2.24, 2.45) is 63.1 Å². The van der Waals surface area contributed by atoms with Gasteiger partial charge in [-0.3, -0.25) is 9.59 Å². The Morgan fingerprint density at radius 1 is 0.917 bits per heavy atom. The van der Waals surface area contributed by atoms with Crippen LogP contribution in [0.25, 0.3) is 0 Å². The summed E-state index contributed by atoms with van der Waals surface area (Å²) in [6.07, 6.45) is 13.3. The molecule has 0 aromatic heterocycles. The summed E-state index contributed by atoms with van der Waals surface area (Å²) >= 11 is 0. The lowest BCUT2D eigenvalue weighted by Crippen LogP contribution is -2.88. The van der Waals surface area contributed by atoms with Crippen LogP contribution >= 0.6 is 21.6 Å². The van der Waals surface area contributed by atoms with E-state index in [0.29, 0.717) is 43.7 Å². The van der Waals surface area contributed by atoms with Gasteiger partial charge in [-0.05, 0) is 145 Å². The number of nitrogens with one attached hydrogen (secondary N) is 2. The number of dihydropyridines is 1. The maximum atomic E-state index is 15.8. The van der Waals surface area contributed by atoms with Gasteiger partial charge in [0.1, 0.15) is 40.5 Å². The third-order valence-corrected chi connectivity index (χ3v) is 23.7. The second-order valence-corrected chi connectivity index (χ2v) is 26.8. The van der Waals surface area contributed by atoms with E-state index in [1.165, 1.54) is 33.4 Å². The number of ether oxygens (including phenoxy) is 2. The standard InChI is InChI=1S/C57H64N2O11S2/c60-23-31-6-3-5-30(13-31)14-32-15-41-46(64)36-7-4-8-42-45(36)48(65)54(41,43(63)16-32)28-71-72-29-59-44-19-40-38(22-58-44)33-17-34-21-52(25-51(10-1-2-11-51)20-35(52)24-61)26-53(34,40)47-37(18-33)39-9-12-56(69-42)50(67)57(47,68)49(66)55(39,27-62)70-56/h3-8,13,15-16,19,24,33-35,37,39,41,47,49-50,58-60,62-63,66-68H,1-2,9-12,14,17-18,20-23,25-29H2/t33-,34-,35+,37-,39-,41+,47-,49+,50-,52+,53-,54-,55-,56+,57-/m0/s1. The number of hydrogen-bond acceptors (Lipinski definition) is 15. The third kappa shape index (κ3) is 5.83. The molecule has 5 spiro atoms. The highest BCUT2D eigenvalue weighted by molar-refractivity contribution is 8.76. The lowest BCUT2D eigenvalue weighted by Gasteiger charge is -2.72. The van der Waals surface area contributed by atoms with Crippen LogP contribution in [-0.4, -0.2) is 102 Å². The summed E-state index contributed by atoms with van der Waals surface area (Å²) in [5.41, 5.74) is -2.11. The first kappa shape index (κ1) is 46.6. The number of aliphatic hydroxyl groups is 6. The molecule has 15 heteroatoms. The number of allylic oxidation sites excluding steroid dienone is 6. The number of benzene rings is 2. The maximum Gasteiger partial charge on any atom is 0.240 e. The molecule has 10 bridgehead atoms. The fourth-order valence-electron chi connectivity index (χ4n) is 19.0. The lowest BCUT2D eigenvalue weighted by atomic mass is 9.42. The van der Waals surface area contributed by atoms with Gasteiger partial charge in [0, 0.05) is 41.5 Å². The molecule has 7 fully saturated rings. The Kier molecular flexibility index (Phi) is 10.2. The predicted octanol–water partition coefficient (Wildman–Crippen LogP) is 6.39. The number of aldehydes is 1. The second-order valence-electron chi connectivity index (χ2n) is 24.4. The summed E-state index contributed by atoms with van der Waals surface area (Å²) in [5.74, 6) is -4.62. The zero-order chi connectivity index (χ0) is 49.4. The van der Waals surface area contributed by atoms with Crippen LogP contribution in [-0.2, 0) is 22.6 Å². The highest BCUT2D eigenvalue weighted by Crippen LogP contribution is 2.80. The van der Waals surface area contributed by atoms with Crippen molar-refractivity contribution >= 4 is 39.4 Å². The Balaban J connectivity index is 0.940. The monoisotopic (exact) mass is 1020 g/mol. The molecule has 8 N–H and O–H groups in total. The zero-order valence-electron chi connectivity index (χ0n) is 40.3. The molecule has 9 aliphatic carbocycles. The molecule has 13 aliphatic rings. The van der Waals surface area contributed by atoms with Gasteiger partial charge in [0.25, 0.3) is 0 Å². The van der Waals surface area contributed by atoms with Gasteiger partial charge in [0.2, 0.25) is 5.79 Å². The van der Waals surface area contributed by atoms with E-state index in [-0.39, 0.29) is 81.7 Å². The molecule has 15 rings (SSSR count). The van der Waals surface area contributed by atoms with E-state index < -0.39 is 70.2 Å². The van der Waals surface area contributed by atoms with Gasteiger partial charge >= 0.3 is 0 Å². The Labute approximate surface area is 426 Å². The van der Waals surface area contributed by atoms with Crippen LogP contribution in [0.3, 0.4) is 0 Å². The van der Waals surface area contributed by atoms with Crippen molar-refractivity contribution in [1.29, 1.82) is 0 Å². The van der Waals surface area contributed by atoms with Gasteiger partial charge in [-0.25, -0.2) is 0 Å². The van der Waals surface area contributed by atoms with E-state index in [9.17, 15) is 35.4 Å². The molecule has 4 aliphatic heterocycles. The summed E-state index contributed by atoms with van der Waals surface area (Å²) in [6.45, 7) is -0.228. The summed E-state index contributed by atoms with van der Waals surface area (Å²) in [7, 11) is 2.87. The molecule has 2 aromatic carbocycles. The normalized spacial score (nSPS) is 44.6. The number of aliphatic hydroxyl groups excluding tert-OH is 5. The second kappa shape index (κ2) is 15.8. The minimum atomic E-state index is -2.31. The van der Waals surface area contributed by atoms with Crippen molar-refractivity contribution in [3.05, 3.63) is 111 Å². The van der Waals surface area contributed by atoms with Crippen LogP contribution in [0.2, 0.25) is 0 Å². The number of carbonyl (C=O) groups excluding carboxylic acids is 3. The molecular formula is C57H64N2O11S2. The fourth-order valence-corrected chi connectivity index (χ4v) is 21.3. The SMILES string of the molecule is O=C[C@H]1CC2(CCCC2)C[C@@]12C[C@@H]1C[C@H]3C[C@H]4[C@@H]5CC[C@@]67Oc8cccc9c8C(=O)[C@]8(CSSCNC%10=CC(=C3CN%10)[C@@]1(C2)[C@H]4[C@](O)([C@H](O)[C@@]5(CO)O6)[C@H]7O)C(O)=CC(Cc1cccc(CO)c1)=C[C@@H]8C9=O. The number of rotatable bonds is 5. The van der Waals surface area contributed by atoms with E-state index >= 15 is 9.59 Å². The van der Waals surface area contributed by atoms with Gasteiger partial charge in [-0.1, -0.05) is 76.9 Å². The number of ketones is 2. The first-order valence-electron chi connectivity index (χ1n) is 26.5. The fraction of sp³-hybridized carbons (Fsp3) is 0.596. The van der Waals surface area contributed by atoms with E-state index in [4.69, 9.17) is 9.47 Å². The molecule has 2 saturated heterocycles. The summed E-state index contributed by atoms with van der Waals surface area (Å²) in [5, 5.41) is 82.3. The van der Waals surface area contributed by atoms with Crippen LogP contribution in [0.15, 0.2) is 89.0 Å². The van der Waals surface area contributed by atoms with Crippen LogP contribution in [0.5, 0.6) is 5.75 Å². The molecule has 13 nitrogen and oxygen atoms in total. The van der Waals surface area contributed by atoms with E-state index in [0.717, 1.165) is 73.9 Å². The average Bonchev–Trinajstić information content (AvgIpc) is 4.02. The van der Waals surface area contributed by atoms with E-state index in [1.54, 1.807) is 30.4 Å². The molecule has 4 heterocycles. The molecule has 15 atom stereocenters. The van der Waals surface area contributed by atoms with Crippen molar-refractivity contribution in [2.75, 3.05) is 24.8 Å². The van der Waals surface area contributed by atoms with Gasteiger partial charge in [-0.2, -0.15) is 0 Å². The van der Waals surface area contributed by atoms with Crippen LogP contribution in [0.1, 0.15) is 109 Å². The van der Waals surface area contributed by atoms with E-state index in [1.807, 2.05) is 24.3 Å². The van der Waals surface area contributed by atoms with Crippen molar-refractivity contribution in [1.82, 2.24) is 10.6 Å². The van der Waals surface area contributed by atoms with Crippen LogP contribution in [0.4, 0.5) is 0 Å². The minimum Gasteiger partial charge on any atom is -0.511 e. The molecular weight excluding hydrogens is 953 g/mol. The lowest BCUT2D eigenvalue weighted by molar-refractivity contribution is -0.461. The molecule has 380 valence electrons. The number of carbonyl (C=O) groups is 3. The smallest absolute Gasteiger partial charge is 0.240 e. The Bertz CT molecular complexity index is 2860. The molecule has 5 saturated carbocycles. The van der Waals surface area contributed by atoms with E-state index in [2.05, 4.69) is 16.7 Å². The number of hydrogen-bond donors (Lipinski definition) is 8. The van der Waals surface area contributed by atoms with Gasteiger partial charge in [0.15, 0.2) is 17.7 Å². The molecule has 0 amide bonds. The van der Waals surface area contributed by atoms with Crippen molar-refractivity contribution in [3.63, 3.8) is 0 Å². The van der Waals surface area contributed by atoms with Crippen molar-refractivity contribution in [3.8, 4) is 5.75 Å². The Hall–Kier alpha value is -3.93. The highest BCUT2D eigenvalue weighted by atomic mass is 33.1. The number of Topliss-reactive ketones (excluding diaryl/α,β-unsaturated/α-hetero) is 2. The third-order valence-electron chi connectivity index (χ3n) is 21.5. The minimum absolute atomic E-state index is 0.0266. The van der Waals surface area contributed by atoms with Crippen LogP contribution < -0.4 is 15.4 Å². The van der Waals surface area contributed by atoms with Gasteiger partial charge in [0.05, 0.1) is 36.4 Å². The summed E-state index contributed by atoms with van der Waals surface area (Å²) in [4.78, 5) is 44.5. The molecule has 0 unspecified atom stereocenters. The van der Waals surface area contributed by atoms with Crippen molar-refractivity contribution in [2.45, 2.75) is 119 Å². The molecule has 2 aromatic rings. The summed E-state index contributed by atoms with van der Waals surface area (Å²) in [6, 6.07) is 12.2. The van der Waals surface area contributed by atoms with Crippen molar-refractivity contribution < 1.29 is 54.5 Å². The highest BCUT2D eigenvalue weighted by Gasteiger charge is 2.84.